The fourth-order valence-electron chi connectivity index (χ4n) is 2.25. The molecule has 4 N–H and O–H groups in total. The molecule has 0 fully saturated rings. The van der Waals surface area contributed by atoms with E-state index in [1.165, 1.54) is 0 Å². The Labute approximate surface area is 143 Å². The van der Waals surface area contributed by atoms with E-state index < -0.39 is 0 Å². The molecule has 0 aliphatic rings. The van der Waals surface area contributed by atoms with E-state index in [1.54, 1.807) is 0 Å². The van der Waals surface area contributed by atoms with Gasteiger partial charge in [0.25, 0.3) is 0 Å². The first-order valence-electron chi connectivity index (χ1n) is 8.23. The number of amides is 2. The van der Waals surface area contributed by atoms with Gasteiger partial charge < -0.3 is 21.1 Å². The standard InChI is InChI=1S/C19H25N3O2/c1-3-18(23)13-20-14(2)15-9-11-17(12-10-15)22-19(24)21-16-7-5-4-6-8-16/h4-12,14,18,20,23H,3,13H2,1-2H3,(H2,21,22,24)/t14?,18-/m1/s1. The molecule has 0 heterocycles. The second kappa shape index (κ2) is 9.05. The molecule has 0 radical (unpaired) electrons. The molecule has 2 aromatic rings. The van der Waals surface area contributed by atoms with Gasteiger partial charge in [-0.2, -0.15) is 0 Å². The summed E-state index contributed by atoms with van der Waals surface area (Å²) in [6.07, 6.45) is 0.411. The zero-order chi connectivity index (χ0) is 17.4. The van der Waals surface area contributed by atoms with Crippen molar-refractivity contribution < 1.29 is 9.90 Å². The third kappa shape index (κ3) is 5.68. The number of aliphatic hydroxyl groups is 1. The number of aliphatic hydroxyl groups excluding tert-OH is 1. The minimum atomic E-state index is -0.324. The van der Waals surface area contributed by atoms with Gasteiger partial charge in [-0.15, -0.1) is 0 Å². The topological polar surface area (TPSA) is 73.4 Å². The molecule has 0 bridgehead atoms. The third-order valence-electron chi connectivity index (χ3n) is 3.83. The van der Waals surface area contributed by atoms with Gasteiger partial charge in [0.2, 0.25) is 0 Å². The Hall–Kier alpha value is -2.37. The Morgan fingerprint density at radius 3 is 2.17 bits per heavy atom. The van der Waals surface area contributed by atoms with Crippen LogP contribution in [0.1, 0.15) is 31.9 Å². The predicted octanol–water partition coefficient (Wildman–Crippen LogP) is 3.75. The fraction of sp³-hybridized carbons (Fsp3) is 0.316. The number of anilines is 2. The van der Waals surface area contributed by atoms with Crippen molar-refractivity contribution in [3.8, 4) is 0 Å². The van der Waals surface area contributed by atoms with Gasteiger partial charge in [0.05, 0.1) is 6.10 Å². The maximum absolute atomic E-state index is 11.9. The number of nitrogens with one attached hydrogen (secondary N) is 3. The van der Waals surface area contributed by atoms with Crippen LogP contribution in [0.4, 0.5) is 16.2 Å². The van der Waals surface area contributed by atoms with Crippen molar-refractivity contribution in [2.75, 3.05) is 17.2 Å². The minimum absolute atomic E-state index is 0.137. The first-order valence-corrected chi connectivity index (χ1v) is 8.23. The summed E-state index contributed by atoms with van der Waals surface area (Å²) in [4.78, 5) is 11.9. The largest absolute Gasteiger partial charge is 0.392 e. The lowest BCUT2D eigenvalue weighted by Crippen LogP contribution is -2.28. The molecule has 2 atom stereocenters. The van der Waals surface area contributed by atoms with Crippen LogP contribution in [0.5, 0.6) is 0 Å². The smallest absolute Gasteiger partial charge is 0.323 e. The van der Waals surface area contributed by atoms with Crippen molar-refractivity contribution >= 4 is 17.4 Å². The number of rotatable bonds is 7. The zero-order valence-corrected chi connectivity index (χ0v) is 14.1. The molecule has 0 saturated heterocycles. The molecule has 0 saturated carbocycles. The van der Waals surface area contributed by atoms with Gasteiger partial charge in [-0.25, -0.2) is 4.79 Å². The highest BCUT2D eigenvalue weighted by molar-refractivity contribution is 5.99. The number of benzene rings is 2. The number of hydrogen-bond donors (Lipinski definition) is 4. The minimum Gasteiger partial charge on any atom is -0.392 e. The molecule has 0 aromatic heterocycles. The van der Waals surface area contributed by atoms with Crippen molar-refractivity contribution in [2.45, 2.75) is 32.4 Å². The van der Waals surface area contributed by atoms with E-state index >= 15 is 0 Å². The summed E-state index contributed by atoms with van der Waals surface area (Å²) >= 11 is 0. The molecule has 0 spiro atoms. The summed E-state index contributed by atoms with van der Waals surface area (Å²) in [5.41, 5.74) is 2.58. The average Bonchev–Trinajstić information content (AvgIpc) is 2.60. The van der Waals surface area contributed by atoms with Crippen LogP contribution in [0.15, 0.2) is 54.6 Å². The number of carbonyl (C=O) groups is 1. The maximum atomic E-state index is 11.9. The normalized spacial score (nSPS) is 13.1. The maximum Gasteiger partial charge on any atom is 0.323 e. The summed E-state index contributed by atoms with van der Waals surface area (Å²) in [6.45, 7) is 4.57. The van der Waals surface area contributed by atoms with Gasteiger partial charge in [-0.1, -0.05) is 37.3 Å². The van der Waals surface area contributed by atoms with E-state index in [0.717, 1.165) is 23.4 Å². The summed E-state index contributed by atoms with van der Waals surface area (Å²) in [5.74, 6) is 0. The van der Waals surface area contributed by atoms with Gasteiger partial charge in [0.1, 0.15) is 0 Å². The van der Waals surface area contributed by atoms with Crippen molar-refractivity contribution in [2.24, 2.45) is 0 Å². The number of urea groups is 1. The van der Waals surface area contributed by atoms with E-state index in [0.29, 0.717) is 6.54 Å². The first kappa shape index (κ1) is 18.0. The van der Waals surface area contributed by atoms with Gasteiger partial charge in [0, 0.05) is 24.0 Å². The van der Waals surface area contributed by atoms with Gasteiger partial charge in [-0.3, -0.25) is 0 Å². The van der Waals surface area contributed by atoms with Crippen LogP contribution in [0.25, 0.3) is 0 Å². The molecule has 2 amide bonds. The number of carbonyl (C=O) groups excluding carboxylic acids is 1. The van der Waals surface area contributed by atoms with E-state index in [1.807, 2.05) is 68.4 Å². The van der Waals surface area contributed by atoms with Crippen molar-refractivity contribution in [3.63, 3.8) is 0 Å². The zero-order valence-electron chi connectivity index (χ0n) is 14.1. The van der Waals surface area contributed by atoms with E-state index in [-0.39, 0.29) is 18.2 Å². The highest BCUT2D eigenvalue weighted by Crippen LogP contribution is 2.16. The van der Waals surface area contributed by atoms with Gasteiger partial charge in [-0.05, 0) is 43.2 Å². The Morgan fingerprint density at radius 2 is 1.58 bits per heavy atom. The molecule has 5 nitrogen and oxygen atoms in total. The SMILES string of the molecule is CC[C@@H](O)CNC(C)c1ccc(NC(=O)Nc2ccccc2)cc1. The molecule has 2 rings (SSSR count). The molecule has 5 heteroatoms. The Balaban J connectivity index is 1.86. The van der Waals surface area contributed by atoms with E-state index in [4.69, 9.17) is 0 Å². The van der Waals surface area contributed by atoms with Gasteiger partial charge in [0.15, 0.2) is 0 Å². The van der Waals surface area contributed by atoms with Crippen LogP contribution in [0.3, 0.4) is 0 Å². The quantitative estimate of drug-likeness (QED) is 0.626. The van der Waals surface area contributed by atoms with Crippen molar-refractivity contribution in [1.29, 1.82) is 0 Å². The van der Waals surface area contributed by atoms with E-state index in [9.17, 15) is 9.90 Å². The van der Waals surface area contributed by atoms with Crippen LogP contribution in [-0.2, 0) is 0 Å². The lowest BCUT2D eigenvalue weighted by atomic mass is 10.1. The molecule has 2 aromatic carbocycles. The van der Waals surface area contributed by atoms with Crippen LogP contribution >= 0.6 is 0 Å². The summed E-state index contributed by atoms with van der Waals surface area (Å²) in [7, 11) is 0. The highest BCUT2D eigenvalue weighted by Gasteiger charge is 2.08. The molecular formula is C19H25N3O2. The van der Waals surface area contributed by atoms with Crippen LogP contribution in [0, 0.1) is 0 Å². The van der Waals surface area contributed by atoms with E-state index in [2.05, 4.69) is 16.0 Å². The summed E-state index contributed by atoms with van der Waals surface area (Å²) in [6, 6.07) is 16.8. The predicted molar refractivity (Wildman–Crippen MR) is 98.2 cm³/mol. The highest BCUT2D eigenvalue weighted by atomic mass is 16.3. The second-order valence-corrected chi connectivity index (χ2v) is 5.76. The van der Waals surface area contributed by atoms with Crippen molar-refractivity contribution in [3.05, 3.63) is 60.2 Å². The monoisotopic (exact) mass is 327 g/mol. The number of para-hydroxylation sites is 1. The number of hydrogen-bond acceptors (Lipinski definition) is 3. The summed E-state index contributed by atoms with van der Waals surface area (Å²) < 4.78 is 0. The first-order chi connectivity index (χ1) is 11.6. The van der Waals surface area contributed by atoms with Crippen molar-refractivity contribution in [1.82, 2.24) is 5.32 Å². The van der Waals surface area contributed by atoms with Crippen LogP contribution in [0.2, 0.25) is 0 Å². The Kier molecular flexibility index (Phi) is 6.78. The Morgan fingerprint density at radius 1 is 1.00 bits per heavy atom. The average molecular weight is 327 g/mol. The molecule has 128 valence electrons. The molecule has 0 aliphatic carbocycles. The molecule has 24 heavy (non-hydrogen) atoms. The summed E-state index contributed by atoms with van der Waals surface area (Å²) in [5, 5.41) is 18.5. The second-order valence-electron chi connectivity index (χ2n) is 5.76. The molecule has 1 unspecified atom stereocenters. The third-order valence-corrected chi connectivity index (χ3v) is 3.83. The molecular weight excluding hydrogens is 302 g/mol. The van der Waals surface area contributed by atoms with Crippen LogP contribution < -0.4 is 16.0 Å². The van der Waals surface area contributed by atoms with Gasteiger partial charge >= 0.3 is 6.03 Å². The van der Waals surface area contributed by atoms with Crippen LogP contribution in [-0.4, -0.2) is 23.8 Å². The lowest BCUT2D eigenvalue weighted by molar-refractivity contribution is 0.164. The molecule has 0 aliphatic heterocycles. The Bertz CT molecular complexity index is 629. The fourth-order valence-corrected chi connectivity index (χ4v) is 2.25. The lowest BCUT2D eigenvalue weighted by Gasteiger charge is -2.17.